The first-order valence-electron chi connectivity index (χ1n) is 16.3. The van der Waals surface area contributed by atoms with Crippen molar-refractivity contribution in [3.05, 3.63) is 65.0 Å². The maximum absolute atomic E-state index is 14.4. The van der Waals surface area contributed by atoms with Crippen LogP contribution in [0.1, 0.15) is 138 Å². The quantitative estimate of drug-likeness (QED) is 0.347. The number of benzene rings is 2. The fraction of sp³-hybridized carbons (Fsp3) is 0.667. The van der Waals surface area contributed by atoms with Crippen molar-refractivity contribution in [2.75, 3.05) is 6.61 Å². The summed E-state index contributed by atoms with van der Waals surface area (Å²) in [6, 6.07) is 15.3. The second-order valence-electron chi connectivity index (χ2n) is 13.0. The molecule has 0 amide bonds. The molecule has 3 aliphatic rings. The van der Waals surface area contributed by atoms with Crippen LogP contribution in [0.15, 0.2) is 42.5 Å². The Balaban J connectivity index is 1.06. The van der Waals surface area contributed by atoms with Crippen molar-refractivity contribution < 1.29 is 14.2 Å². The third kappa shape index (κ3) is 7.07. The summed E-state index contributed by atoms with van der Waals surface area (Å²) in [6.45, 7) is 4.57. The number of aliphatic hydroxyl groups is 1. The molecule has 1 N–H and O–H groups in total. The van der Waals surface area contributed by atoms with E-state index in [1.807, 2.05) is 13.0 Å². The van der Waals surface area contributed by atoms with Gasteiger partial charge in [0, 0.05) is 0 Å². The van der Waals surface area contributed by atoms with Crippen LogP contribution in [0.2, 0.25) is 0 Å². The lowest BCUT2D eigenvalue weighted by Gasteiger charge is -2.38. The number of hydrogen-bond donors (Lipinski definition) is 1. The molecule has 2 aromatic carbocycles. The topological polar surface area (TPSA) is 29.5 Å². The molecule has 39 heavy (non-hydrogen) atoms. The predicted octanol–water partition coefficient (Wildman–Crippen LogP) is 9.91. The molecule has 0 heterocycles. The lowest BCUT2D eigenvalue weighted by molar-refractivity contribution is 0.0730. The van der Waals surface area contributed by atoms with Crippen molar-refractivity contribution in [2.45, 2.75) is 128 Å². The zero-order valence-electron chi connectivity index (χ0n) is 24.4. The fourth-order valence-electron chi connectivity index (χ4n) is 8.30. The first-order valence-corrected chi connectivity index (χ1v) is 16.3. The van der Waals surface area contributed by atoms with Crippen LogP contribution in [0, 0.1) is 23.6 Å². The van der Waals surface area contributed by atoms with Crippen molar-refractivity contribution in [1.29, 1.82) is 0 Å². The molecule has 1 unspecified atom stereocenters. The zero-order chi connectivity index (χ0) is 27.2. The van der Waals surface area contributed by atoms with E-state index in [0.29, 0.717) is 30.1 Å². The Morgan fingerprint density at radius 3 is 1.62 bits per heavy atom. The van der Waals surface area contributed by atoms with Gasteiger partial charge in [-0.25, -0.2) is 4.39 Å². The van der Waals surface area contributed by atoms with Gasteiger partial charge in [-0.1, -0.05) is 43.7 Å². The molecule has 3 aliphatic carbocycles. The van der Waals surface area contributed by atoms with Gasteiger partial charge in [-0.15, -0.1) is 0 Å². The molecule has 214 valence electrons. The van der Waals surface area contributed by atoms with Crippen molar-refractivity contribution in [1.82, 2.24) is 0 Å². The second-order valence-corrected chi connectivity index (χ2v) is 13.0. The van der Waals surface area contributed by atoms with Crippen LogP contribution in [0.25, 0.3) is 0 Å². The monoisotopic (exact) mass is 534 g/mol. The van der Waals surface area contributed by atoms with Gasteiger partial charge in [-0.3, -0.25) is 0 Å². The van der Waals surface area contributed by atoms with Crippen molar-refractivity contribution in [3.63, 3.8) is 0 Å². The molecule has 3 saturated carbocycles. The van der Waals surface area contributed by atoms with Crippen molar-refractivity contribution in [2.24, 2.45) is 17.8 Å². The van der Waals surface area contributed by atoms with Crippen LogP contribution in [-0.2, 0) is 0 Å². The van der Waals surface area contributed by atoms with Gasteiger partial charge in [-0.2, -0.15) is 0 Å². The summed E-state index contributed by atoms with van der Waals surface area (Å²) in [7, 11) is 0. The number of hydrogen-bond acceptors (Lipinski definition) is 2. The molecular weight excluding hydrogens is 483 g/mol. The van der Waals surface area contributed by atoms with E-state index < -0.39 is 0 Å². The van der Waals surface area contributed by atoms with Gasteiger partial charge in [0.15, 0.2) is 11.6 Å². The van der Waals surface area contributed by atoms with E-state index in [-0.39, 0.29) is 11.9 Å². The molecule has 0 aliphatic heterocycles. The highest BCUT2D eigenvalue weighted by Gasteiger charge is 2.32. The molecule has 3 heteroatoms. The Bertz CT molecular complexity index is 1010. The summed E-state index contributed by atoms with van der Waals surface area (Å²) in [5.74, 6) is 4.30. The van der Waals surface area contributed by atoms with Crippen LogP contribution in [0.3, 0.4) is 0 Å². The van der Waals surface area contributed by atoms with Gasteiger partial charge >= 0.3 is 0 Å². The number of ether oxygens (including phenoxy) is 1. The Kier molecular flexibility index (Phi) is 10.0. The molecule has 3 fully saturated rings. The summed E-state index contributed by atoms with van der Waals surface area (Å²) >= 11 is 0. The molecule has 1 atom stereocenters. The Morgan fingerprint density at radius 2 is 1.15 bits per heavy atom. The number of rotatable bonds is 9. The van der Waals surface area contributed by atoms with Crippen LogP contribution in [-0.4, -0.2) is 17.8 Å². The van der Waals surface area contributed by atoms with Crippen LogP contribution in [0.4, 0.5) is 4.39 Å². The van der Waals surface area contributed by atoms with E-state index in [1.165, 1.54) is 82.6 Å². The highest BCUT2D eigenvalue weighted by molar-refractivity contribution is 5.32. The minimum atomic E-state index is -0.211. The third-order valence-corrected chi connectivity index (χ3v) is 10.7. The van der Waals surface area contributed by atoms with Gasteiger partial charge in [0.25, 0.3) is 0 Å². The molecule has 2 aromatic rings. The first-order chi connectivity index (χ1) is 19.1. The van der Waals surface area contributed by atoms with E-state index in [4.69, 9.17) is 4.74 Å². The SMILES string of the molecule is CCCC(O)C1CCC(c2ccc(C3CCC(C4CCC(c5ccc(OCC)c(F)c5)CC4)CC3)cc2)CC1. The van der Waals surface area contributed by atoms with Gasteiger partial charge < -0.3 is 9.84 Å². The molecule has 0 radical (unpaired) electrons. The predicted molar refractivity (Wildman–Crippen MR) is 159 cm³/mol. The highest BCUT2D eigenvalue weighted by Crippen LogP contribution is 2.46. The Hall–Kier alpha value is -1.87. The highest BCUT2D eigenvalue weighted by atomic mass is 19.1. The van der Waals surface area contributed by atoms with Gasteiger partial charge in [-0.05, 0) is 155 Å². The third-order valence-electron chi connectivity index (χ3n) is 10.7. The summed E-state index contributed by atoms with van der Waals surface area (Å²) in [5, 5.41) is 10.4. The summed E-state index contributed by atoms with van der Waals surface area (Å²) in [4.78, 5) is 0. The minimum absolute atomic E-state index is 0.0914. The van der Waals surface area contributed by atoms with E-state index in [9.17, 15) is 9.50 Å². The number of halogens is 1. The second kappa shape index (κ2) is 13.7. The zero-order valence-corrected chi connectivity index (χ0v) is 24.4. The maximum atomic E-state index is 14.4. The van der Waals surface area contributed by atoms with E-state index in [0.717, 1.165) is 36.2 Å². The van der Waals surface area contributed by atoms with Crippen LogP contribution in [0.5, 0.6) is 5.75 Å². The van der Waals surface area contributed by atoms with E-state index in [2.05, 4.69) is 37.3 Å². The van der Waals surface area contributed by atoms with Crippen molar-refractivity contribution >= 4 is 0 Å². The molecule has 5 rings (SSSR count). The van der Waals surface area contributed by atoms with Gasteiger partial charge in [0.05, 0.1) is 12.7 Å². The fourth-order valence-corrected chi connectivity index (χ4v) is 8.30. The molecule has 0 saturated heterocycles. The number of aliphatic hydroxyl groups excluding tert-OH is 1. The normalized spacial score (nSPS) is 30.6. The summed E-state index contributed by atoms with van der Waals surface area (Å²) < 4.78 is 19.8. The largest absolute Gasteiger partial charge is 0.491 e. The molecule has 0 spiro atoms. The van der Waals surface area contributed by atoms with Crippen molar-refractivity contribution in [3.8, 4) is 5.75 Å². The smallest absolute Gasteiger partial charge is 0.165 e. The first kappa shape index (κ1) is 28.7. The van der Waals surface area contributed by atoms with Crippen LogP contribution < -0.4 is 4.74 Å². The summed E-state index contributed by atoms with van der Waals surface area (Å²) in [6.07, 6.45) is 17.1. The van der Waals surface area contributed by atoms with Gasteiger partial charge in [0.2, 0.25) is 0 Å². The average molecular weight is 535 g/mol. The van der Waals surface area contributed by atoms with Crippen LogP contribution >= 0.6 is 0 Å². The Labute approximate surface area is 236 Å². The lowest BCUT2D eigenvalue weighted by atomic mass is 9.67. The average Bonchev–Trinajstić information content (AvgIpc) is 2.99. The molecule has 0 aromatic heterocycles. The maximum Gasteiger partial charge on any atom is 0.165 e. The Morgan fingerprint density at radius 1 is 0.692 bits per heavy atom. The standard InChI is InChI=1S/C36H51FO2/c1-3-5-35(38)32-20-18-30(19-21-32)28-12-10-26(11-13-28)25-6-8-27(9-7-25)29-14-16-31(17-15-29)33-22-23-36(39-4-2)34(37)24-33/h10-13,22-25,27,29-32,35,38H,3-9,14-21H2,1-2H3. The molecule has 2 nitrogen and oxygen atoms in total. The van der Waals surface area contributed by atoms with E-state index >= 15 is 0 Å². The minimum Gasteiger partial charge on any atom is -0.491 e. The molecular formula is C36H51FO2. The van der Waals surface area contributed by atoms with Gasteiger partial charge in [0.1, 0.15) is 0 Å². The van der Waals surface area contributed by atoms with E-state index in [1.54, 1.807) is 11.6 Å². The summed E-state index contributed by atoms with van der Waals surface area (Å²) in [5.41, 5.74) is 4.22. The molecule has 0 bridgehead atoms. The lowest BCUT2D eigenvalue weighted by Crippen LogP contribution is -2.25.